The van der Waals surface area contributed by atoms with E-state index in [1.54, 1.807) is 20.8 Å². The van der Waals surface area contributed by atoms with Crippen molar-refractivity contribution in [3.8, 4) is 11.1 Å². The summed E-state index contributed by atoms with van der Waals surface area (Å²) < 4.78 is 5.54. The lowest BCUT2D eigenvalue weighted by Crippen LogP contribution is -2.56. The van der Waals surface area contributed by atoms with Crippen LogP contribution >= 0.6 is 0 Å². The van der Waals surface area contributed by atoms with Crippen LogP contribution in [0.4, 0.5) is 4.79 Å². The summed E-state index contributed by atoms with van der Waals surface area (Å²) in [6, 6.07) is 15.1. The molecule has 2 aromatic carbocycles. The predicted molar refractivity (Wildman–Crippen MR) is 126 cm³/mol. The topological polar surface area (TPSA) is 95.9 Å². The monoisotopic (exact) mass is 450 g/mol. The number of carboxylic acids is 1. The Morgan fingerprint density at radius 3 is 2.12 bits per heavy atom. The van der Waals surface area contributed by atoms with Crippen molar-refractivity contribution in [3.63, 3.8) is 0 Å². The number of rotatable bonds is 8. The van der Waals surface area contributed by atoms with Gasteiger partial charge in [-0.2, -0.15) is 0 Å². The van der Waals surface area contributed by atoms with Gasteiger partial charge in [0.1, 0.15) is 19.2 Å². The molecule has 0 radical (unpaired) electrons. The number of fused-ring (bicyclic) bond motifs is 3. The predicted octanol–water partition coefficient (Wildman–Crippen LogP) is 4.18. The average molecular weight is 451 g/mol. The number of amides is 2. The molecule has 0 saturated heterocycles. The highest BCUT2D eigenvalue weighted by molar-refractivity contribution is 5.89. The molecular formula is C26H30N2O5. The Morgan fingerprint density at radius 2 is 1.64 bits per heavy atom. The summed E-state index contributed by atoms with van der Waals surface area (Å²) in [5.74, 6) is -1.73. The smallest absolute Gasteiger partial charge is 0.407 e. The summed E-state index contributed by atoms with van der Waals surface area (Å²) in [4.78, 5) is 38.3. The molecule has 0 aromatic heterocycles. The number of hydrogen-bond acceptors (Lipinski definition) is 4. The van der Waals surface area contributed by atoms with Crippen molar-refractivity contribution in [3.05, 3.63) is 72.3 Å². The molecular weight excluding hydrogens is 420 g/mol. The van der Waals surface area contributed by atoms with E-state index in [0.29, 0.717) is 0 Å². The van der Waals surface area contributed by atoms with E-state index in [0.717, 1.165) is 22.3 Å². The van der Waals surface area contributed by atoms with E-state index < -0.39 is 36.1 Å². The fraction of sp³-hybridized carbons (Fsp3) is 0.346. The fourth-order valence-corrected chi connectivity index (χ4v) is 4.14. The van der Waals surface area contributed by atoms with E-state index in [9.17, 15) is 19.5 Å². The third-order valence-electron chi connectivity index (χ3n) is 5.71. The van der Waals surface area contributed by atoms with Gasteiger partial charge in [0.05, 0.1) is 0 Å². The molecule has 0 heterocycles. The number of carboxylic acid groups (broad SMARTS) is 1. The van der Waals surface area contributed by atoms with Gasteiger partial charge in [-0.15, -0.1) is 6.58 Å². The second-order valence-corrected chi connectivity index (χ2v) is 9.04. The van der Waals surface area contributed by atoms with Gasteiger partial charge in [-0.3, -0.25) is 9.59 Å². The molecule has 0 saturated carbocycles. The Kier molecular flexibility index (Phi) is 7.21. The maximum absolute atomic E-state index is 13.1. The molecule has 3 rings (SSSR count). The summed E-state index contributed by atoms with van der Waals surface area (Å²) in [5, 5.41) is 11.8. The largest absolute Gasteiger partial charge is 0.480 e. The van der Waals surface area contributed by atoms with E-state index in [1.165, 1.54) is 11.0 Å². The molecule has 1 aliphatic rings. The third-order valence-corrected chi connectivity index (χ3v) is 5.71. The normalized spacial score (nSPS) is 13.4. The summed E-state index contributed by atoms with van der Waals surface area (Å²) in [5.41, 5.74) is 3.68. The summed E-state index contributed by atoms with van der Waals surface area (Å²) >= 11 is 0. The van der Waals surface area contributed by atoms with Crippen LogP contribution in [0, 0.1) is 0 Å². The van der Waals surface area contributed by atoms with Gasteiger partial charge < -0.3 is 20.1 Å². The Hall–Kier alpha value is -3.61. The Labute approximate surface area is 194 Å². The van der Waals surface area contributed by atoms with Gasteiger partial charge in [-0.25, -0.2) is 4.79 Å². The number of aliphatic carboxylic acids is 1. The molecule has 33 heavy (non-hydrogen) atoms. The number of nitrogens with zero attached hydrogens (tertiary/aromatic N) is 1. The third kappa shape index (κ3) is 5.42. The van der Waals surface area contributed by atoms with Crippen molar-refractivity contribution in [2.24, 2.45) is 0 Å². The minimum absolute atomic E-state index is 0.102. The van der Waals surface area contributed by atoms with Crippen molar-refractivity contribution >= 4 is 18.0 Å². The van der Waals surface area contributed by atoms with Crippen LogP contribution < -0.4 is 5.32 Å². The Balaban J connectivity index is 1.71. The van der Waals surface area contributed by atoms with E-state index in [-0.39, 0.29) is 18.9 Å². The van der Waals surface area contributed by atoms with Crippen molar-refractivity contribution in [2.45, 2.75) is 44.7 Å². The number of alkyl carbamates (subject to hydrolysis) is 1. The first-order chi connectivity index (χ1) is 15.6. The van der Waals surface area contributed by atoms with Gasteiger partial charge in [-0.1, -0.05) is 54.6 Å². The molecule has 0 fully saturated rings. The van der Waals surface area contributed by atoms with Crippen LogP contribution in [0.3, 0.4) is 0 Å². The number of ether oxygens (including phenoxy) is 1. The highest BCUT2D eigenvalue weighted by Crippen LogP contribution is 2.44. The molecule has 1 atom stereocenters. The summed E-state index contributed by atoms with van der Waals surface area (Å²) in [6.07, 6.45) is 0.921. The minimum Gasteiger partial charge on any atom is -0.480 e. The van der Waals surface area contributed by atoms with Gasteiger partial charge in [0.2, 0.25) is 5.91 Å². The second-order valence-electron chi connectivity index (χ2n) is 9.04. The first kappa shape index (κ1) is 24.0. The molecule has 2 amide bonds. The van der Waals surface area contributed by atoms with Gasteiger partial charge in [0.25, 0.3) is 0 Å². The van der Waals surface area contributed by atoms with Crippen LogP contribution in [0.15, 0.2) is 61.2 Å². The maximum atomic E-state index is 13.1. The van der Waals surface area contributed by atoms with Crippen molar-refractivity contribution < 1.29 is 24.2 Å². The number of carbonyl (C=O) groups excluding carboxylic acids is 2. The Bertz CT molecular complexity index is 1010. The maximum Gasteiger partial charge on any atom is 0.407 e. The fourth-order valence-electron chi connectivity index (χ4n) is 4.14. The molecule has 1 aliphatic carbocycles. The molecule has 2 aromatic rings. The molecule has 7 heteroatoms. The highest BCUT2D eigenvalue weighted by atomic mass is 16.5. The second kappa shape index (κ2) is 9.90. The van der Waals surface area contributed by atoms with E-state index >= 15 is 0 Å². The first-order valence-corrected chi connectivity index (χ1v) is 10.9. The van der Waals surface area contributed by atoms with Gasteiger partial charge in [-0.05, 0) is 49.4 Å². The standard InChI is InChI=1S/C26H30N2O5/c1-5-10-22(24(31)28(15-23(29)30)26(2,3)4)27-25(32)33-16-21-19-13-8-6-11-17(19)18-12-7-9-14-20(18)21/h5-9,11-14,21-22H,1,10,15-16H2,2-4H3,(H,27,32)(H,29,30). The van der Waals surface area contributed by atoms with Crippen molar-refractivity contribution in [1.82, 2.24) is 10.2 Å². The zero-order chi connectivity index (χ0) is 24.2. The van der Waals surface area contributed by atoms with Crippen LogP contribution in [-0.2, 0) is 14.3 Å². The van der Waals surface area contributed by atoms with Crippen LogP contribution in [0.2, 0.25) is 0 Å². The van der Waals surface area contributed by atoms with Crippen LogP contribution in [0.1, 0.15) is 44.2 Å². The number of hydrogen-bond donors (Lipinski definition) is 2. The zero-order valence-corrected chi connectivity index (χ0v) is 19.2. The van der Waals surface area contributed by atoms with Crippen molar-refractivity contribution in [1.29, 1.82) is 0 Å². The lowest BCUT2D eigenvalue weighted by atomic mass is 9.98. The quantitative estimate of drug-likeness (QED) is 0.588. The Morgan fingerprint density at radius 1 is 1.09 bits per heavy atom. The number of nitrogens with one attached hydrogen (secondary N) is 1. The van der Waals surface area contributed by atoms with Crippen LogP contribution in [-0.4, -0.2) is 52.7 Å². The van der Waals surface area contributed by atoms with Gasteiger partial charge in [0, 0.05) is 11.5 Å². The zero-order valence-electron chi connectivity index (χ0n) is 19.2. The molecule has 1 unspecified atom stereocenters. The lowest BCUT2D eigenvalue weighted by Gasteiger charge is -2.36. The molecule has 174 valence electrons. The first-order valence-electron chi connectivity index (χ1n) is 10.9. The van der Waals surface area contributed by atoms with Crippen molar-refractivity contribution in [2.75, 3.05) is 13.2 Å². The average Bonchev–Trinajstić information content (AvgIpc) is 3.08. The summed E-state index contributed by atoms with van der Waals surface area (Å²) in [6.45, 7) is 8.53. The molecule has 2 N–H and O–H groups in total. The molecule has 0 aliphatic heterocycles. The highest BCUT2D eigenvalue weighted by Gasteiger charge is 2.34. The van der Waals surface area contributed by atoms with E-state index in [1.807, 2.05) is 36.4 Å². The number of carbonyl (C=O) groups is 3. The number of benzene rings is 2. The molecule has 0 spiro atoms. The summed E-state index contributed by atoms with van der Waals surface area (Å²) in [7, 11) is 0. The lowest BCUT2D eigenvalue weighted by molar-refractivity contribution is -0.149. The van der Waals surface area contributed by atoms with E-state index in [4.69, 9.17) is 4.74 Å². The van der Waals surface area contributed by atoms with Crippen LogP contribution in [0.25, 0.3) is 11.1 Å². The minimum atomic E-state index is -1.13. The van der Waals surface area contributed by atoms with Gasteiger partial charge >= 0.3 is 12.1 Å². The molecule has 0 bridgehead atoms. The van der Waals surface area contributed by atoms with E-state index in [2.05, 4.69) is 24.0 Å². The molecule has 7 nitrogen and oxygen atoms in total. The van der Waals surface area contributed by atoms with Crippen LogP contribution in [0.5, 0.6) is 0 Å². The SMILES string of the molecule is C=CCC(NC(=O)OCC1c2ccccc2-c2ccccc21)C(=O)N(CC(=O)O)C(C)(C)C. The van der Waals surface area contributed by atoms with Gasteiger partial charge in [0.15, 0.2) is 0 Å².